The van der Waals surface area contributed by atoms with Gasteiger partial charge in [-0.25, -0.2) is 0 Å². The molecule has 0 atom stereocenters. The SMILES string of the molecule is Cc1ccccc1Oc1c2c(c(Oc3ccccc3C)c3ccccc13)CCCC2. The molecule has 0 radical (unpaired) electrons. The fourth-order valence-electron chi connectivity index (χ4n) is 4.41. The summed E-state index contributed by atoms with van der Waals surface area (Å²) in [7, 11) is 0. The molecule has 0 fully saturated rings. The molecule has 1 aliphatic carbocycles. The second-order valence-corrected chi connectivity index (χ2v) is 8.10. The van der Waals surface area contributed by atoms with E-state index in [4.69, 9.17) is 9.47 Å². The van der Waals surface area contributed by atoms with E-state index in [-0.39, 0.29) is 0 Å². The molecule has 0 saturated carbocycles. The fourth-order valence-corrected chi connectivity index (χ4v) is 4.41. The van der Waals surface area contributed by atoms with E-state index in [0.717, 1.165) is 57.7 Å². The largest absolute Gasteiger partial charge is 0.456 e. The molecule has 0 aromatic heterocycles. The molecule has 4 aromatic rings. The van der Waals surface area contributed by atoms with Crippen LogP contribution in [0.2, 0.25) is 0 Å². The number of ether oxygens (including phenoxy) is 2. The van der Waals surface area contributed by atoms with Crippen molar-refractivity contribution in [2.75, 3.05) is 0 Å². The molecule has 0 saturated heterocycles. The van der Waals surface area contributed by atoms with Crippen molar-refractivity contribution in [2.24, 2.45) is 0 Å². The van der Waals surface area contributed by atoms with Gasteiger partial charge < -0.3 is 9.47 Å². The van der Waals surface area contributed by atoms with Gasteiger partial charge >= 0.3 is 0 Å². The van der Waals surface area contributed by atoms with E-state index in [2.05, 4.69) is 74.5 Å². The summed E-state index contributed by atoms with van der Waals surface area (Å²) in [4.78, 5) is 0. The summed E-state index contributed by atoms with van der Waals surface area (Å²) in [6.45, 7) is 4.19. The molecular weight excluding hydrogens is 368 g/mol. The van der Waals surface area contributed by atoms with E-state index in [9.17, 15) is 0 Å². The van der Waals surface area contributed by atoms with Crippen molar-refractivity contribution in [2.45, 2.75) is 39.5 Å². The normalized spacial score (nSPS) is 13.1. The number of fused-ring (bicyclic) bond motifs is 2. The molecule has 0 spiro atoms. The van der Waals surface area contributed by atoms with Crippen LogP contribution in [-0.4, -0.2) is 0 Å². The zero-order valence-corrected chi connectivity index (χ0v) is 17.6. The molecule has 0 bridgehead atoms. The number of hydrogen-bond acceptors (Lipinski definition) is 2. The van der Waals surface area contributed by atoms with Crippen molar-refractivity contribution in [1.82, 2.24) is 0 Å². The van der Waals surface area contributed by atoms with Crippen LogP contribution in [0.15, 0.2) is 72.8 Å². The van der Waals surface area contributed by atoms with Crippen LogP contribution in [0.25, 0.3) is 10.8 Å². The Hall–Kier alpha value is -3.26. The number of hydrogen-bond donors (Lipinski definition) is 0. The molecule has 0 aliphatic heterocycles. The first-order valence-electron chi connectivity index (χ1n) is 10.8. The van der Waals surface area contributed by atoms with Gasteiger partial charge in [-0.2, -0.15) is 0 Å². The number of aryl methyl sites for hydroxylation is 2. The molecule has 0 unspecified atom stereocenters. The zero-order valence-electron chi connectivity index (χ0n) is 17.6. The van der Waals surface area contributed by atoms with E-state index in [1.807, 2.05) is 12.1 Å². The van der Waals surface area contributed by atoms with Crippen molar-refractivity contribution in [3.05, 3.63) is 95.1 Å². The average Bonchev–Trinajstić information content (AvgIpc) is 2.78. The molecular formula is C28H26O2. The highest BCUT2D eigenvalue weighted by Crippen LogP contribution is 2.47. The van der Waals surface area contributed by atoms with Crippen molar-refractivity contribution in [3.63, 3.8) is 0 Å². The molecule has 0 heterocycles. The van der Waals surface area contributed by atoms with Crippen LogP contribution in [0, 0.1) is 13.8 Å². The van der Waals surface area contributed by atoms with Gasteiger partial charge in [0.15, 0.2) is 0 Å². The van der Waals surface area contributed by atoms with Crippen LogP contribution in [-0.2, 0) is 12.8 Å². The summed E-state index contributed by atoms with van der Waals surface area (Å²) in [6, 6.07) is 24.9. The van der Waals surface area contributed by atoms with Gasteiger partial charge in [-0.3, -0.25) is 0 Å². The van der Waals surface area contributed by atoms with E-state index in [1.54, 1.807) is 0 Å². The summed E-state index contributed by atoms with van der Waals surface area (Å²) >= 11 is 0. The Bertz CT molecular complexity index is 1130. The molecule has 30 heavy (non-hydrogen) atoms. The monoisotopic (exact) mass is 394 g/mol. The molecule has 0 N–H and O–H groups in total. The van der Waals surface area contributed by atoms with Crippen LogP contribution in [0.5, 0.6) is 23.0 Å². The predicted molar refractivity (Wildman–Crippen MR) is 123 cm³/mol. The quantitative estimate of drug-likeness (QED) is 0.350. The van der Waals surface area contributed by atoms with Gasteiger partial charge in [-0.15, -0.1) is 0 Å². The van der Waals surface area contributed by atoms with Gasteiger partial charge in [-0.1, -0.05) is 60.7 Å². The van der Waals surface area contributed by atoms with Crippen LogP contribution in [0.3, 0.4) is 0 Å². The van der Waals surface area contributed by atoms with Crippen LogP contribution >= 0.6 is 0 Å². The third-order valence-corrected chi connectivity index (χ3v) is 6.04. The van der Waals surface area contributed by atoms with Gasteiger partial charge in [0, 0.05) is 21.9 Å². The highest BCUT2D eigenvalue weighted by Gasteiger charge is 2.25. The van der Waals surface area contributed by atoms with E-state index in [0.29, 0.717) is 0 Å². The minimum absolute atomic E-state index is 0.919. The van der Waals surface area contributed by atoms with E-state index in [1.165, 1.54) is 24.0 Å². The molecule has 4 aromatic carbocycles. The van der Waals surface area contributed by atoms with E-state index >= 15 is 0 Å². The summed E-state index contributed by atoms with van der Waals surface area (Å²) in [5.41, 5.74) is 4.89. The fraction of sp³-hybridized carbons (Fsp3) is 0.214. The Morgan fingerprint density at radius 2 is 0.933 bits per heavy atom. The maximum Gasteiger partial charge on any atom is 0.138 e. The standard InChI is InChI=1S/C28H26O2/c1-19-11-3-9-17-25(19)29-27-21-13-5-7-15-23(21)28(24-16-8-6-14-22(24)27)30-26-18-10-4-12-20(26)2/h3-5,7,9-13,15,17-18H,6,8,14,16H2,1-2H3. The van der Waals surface area contributed by atoms with Crippen LogP contribution in [0.4, 0.5) is 0 Å². The predicted octanol–water partition coefficient (Wildman–Crippen LogP) is 7.92. The second-order valence-electron chi connectivity index (χ2n) is 8.10. The van der Waals surface area contributed by atoms with Gasteiger partial charge in [-0.05, 0) is 62.8 Å². The average molecular weight is 395 g/mol. The van der Waals surface area contributed by atoms with Gasteiger partial charge in [0.2, 0.25) is 0 Å². The summed E-state index contributed by atoms with van der Waals surface area (Å²) in [6.07, 6.45) is 4.40. The molecule has 150 valence electrons. The molecule has 0 amide bonds. The maximum absolute atomic E-state index is 6.59. The van der Waals surface area contributed by atoms with Crippen LogP contribution < -0.4 is 9.47 Å². The summed E-state index contributed by atoms with van der Waals surface area (Å²) in [5, 5.41) is 2.23. The van der Waals surface area contributed by atoms with Crippen molar-refractivity contribution < 1.29 is 9.47 Å². The van der Waals surface area contributed by atoms with Crippen molar-refractivity contribution in [1.29, 1.82) is 0 Å². The zero-order chi connectivity index (χ0) is 20.5. The second kappa shape index (κ2) is 7.87. The Kier molecular flexibility index (Phi) is 4.92. The van der Waals surface area contributed by atoms with Crippen molar-refractivity contribution >= 4 is 10.8 Å². The Balaban J connectivity index is 1.73. The first-order chi connectivity index (χ1) is 14.7. The third kappa shape index (κ3) is 3.33. The van der Waals surface area contributed by atoms with Crippen LogP contribution in [0.1, 0.15) is 35.1 Å². The highest BCUT2D eigenvalue weighted by molar-refractivity contribution is 5.96. The summed E-state index contributed by atoms with van der Waals surface area (Å²) in [5.74, 6) is 3.82. The topological polar surface area (TPSA) is 18.5 Å². The third-order valence-electron chi connectivity index (χ3n) is 6.04. The first kappa shape index (κ1) is 18.7. The smallest absolute Gasteiger partial charge is 0.138 e. The first-order valence-corrected chi connectivity index (χ1v) is 10.8. The lowest BCUT2D eigenvalue weighted by Gasteiger charge is -2.26. The number of rotatable bonds is 4. The maximum atomic E-state index is 6.59. The Morgan fingerprint density at radius 1 is 0.533 bits per heavy atom. The number of benzene rings is 4. The van der Waals surface area contributed by atoms with Gasteiger partial charge in [0.1, 0.15) is 23.0 Å². The Labute approximate surface area is 178 Å². The summed E-state index contributed by atoms with van der Waals surface area (Å²) < 4.78 is 13.2. The minimum Gasteiger partial charge on any atom is -0.456 e. The highest BCUT2D eigenvalue weighted by atomic mass is 16.5. The van der Waals surface area contributed by atoms with E-state index < -0.39 is 0 Å². The lowest BCUT2D eigenvalue weighted by atomic mass is 9.87. The molecule has 5 rings (SSSR count). The lowest BCUT2D eigenvalue weighted by Crippen LogP contribution is -2.08. The Morgan fingerprint density at radius 3 is 1.37 bits per heavy atom. The molecule has 2 nitrogen and oxygen atoms in total. The van der Waals surface area contributed by atoms with Gasteiger partial charge in [0.05, 0.1) is 0 Å². The molecule has 2 heteroatoms. The van der Waals surface area contributed by atoms with Gasteiger partial charge in [0.25, 0.3) is 0 Å². The lowest BCUT2D eigenvalue weighted by molar-refractivity contribution is 0.455. The number of para-hydroxylation sites is 2. The minimum atomic E-state index is 0.919. The van der Waals surface area contributed by atoms with Crippen molar-refractivity contribution in [3.8, 4) is 23.0 Å². The molecule has 1 aliphatic rings.